The van der Waals surface area contributed by atoms with Gasteiger partial charge in [-0.15, -0.1) is 11.3 Å². The molecule has 35 heavy (non-hydrogen) atoms. The molecule has 0 aliphatic rings. The minimum Gasteiger partial charge on any atom is -0.383 e. The first-order valence-electron chi connectivity index (χ1n) is 11.3. The number of hydrogen-bond donors (Lipinski definition) is 2. The number of benzene rings is 2. The van der Waals surface area contributed by atoms with Crippen LogP contribution in [-0.2, 0) is 25.7 Å². The van der Waals surface area contributed by atoms with Gasteiger partial charge in [0.15, 0.2) is 5.13 Å². The average Bonchev–Trinajstić information content (AvgIpc) is 3.37. The fourth-order valence-electron chi connectivity index (χ4n) is 3.53. The second-order valence-corrected chi connectivity index (χ2v) is 8.88. The van der Waals surface area contributed by atoms with Gasteiger partial charge in [0.25, 0.3) is 0 Å². The molecule has 0 saturated heterocycles. The van der Waals surface area contributed by atoms with Crippen LogP contribution in [0.2, 0.25) is 0 Å². The Balaban J connectivity index is 1.85. The first kappa shape index (κ1) is 26.1. The molecule has 1 aromatic heterocycles. The standard InChI is InChI=1S/C26H30N4O4S/c1-19-8-10-21(11-9-19)24(25(33)27-14-16-34-2)30(18-20-6-4-3-5-7-20)23(32)13-12-22(31)29-26-28-15-17-35-26/h3-11,15,17,24H,12-14,16,18H2,1-2H3,(H,27,33)(H,28,29,31)/t24-/m0/s1. The number of carbonyl (C=O) groups is 3. The van der Waals surface area contributed by atoms with Gasteiger partial charge in [0.2, 0.25) is 17.7 Å². The van der Waals surface area contributed by atoms with E-state index in [1.807, 2.05) is 61.5 Å². The maximum Gasteiger partial charge on any atom is 0.247 e. The summed E-state index contributed by atoms with van der Waals surface area (Å²) in [4.78, 5) is 44.8. The fraction of sp³-hybridized carbons (Fsp3) is 0.308. The van der Waals surface area contributed by atoms with Crippen LogP contribution >= 0.6 is 11.3 Å². The van der Waals surface area contributed by atoms with Crippen LogP contribution in [0.4, 0.5) is 5.13 Å². The van der Waals surface area contributed by atoms with Crippen LogP contribution in [0.15, 0.2) is 66.2 Å². The molecule has 0 unspecified atom stereocenters. The van der Waals surface area contributed by atoms with Crippen LogP contribution in [0.1, 0.15) is 35.6 Å². The lowest BCUT2D eigenvalue weighted by Crippen LogP contribution is -2.44. The number of carbonyl (C=O) groups excluding carboxylic acids is 3. The summed E-state index contributed by atoms with van der Waals surface area (Å²) in [6.07, 6.45) is 1.54. The zero-order valence-corrected chi connectivity index (χ0v) is 20.7. The highest BCUT2D eigenvalue weighted by Gasteiger charge is 2.31. The highest BCUT2D eigenvalue weighted by Crippen LogP contribution is 2.25. The molecule has 8 nitrogen and oxygen atoms in total. The van der Waals surface area contributed by atoms with Gasteiger partial charge in [0.1, 0.15) is 6.04 Å². The van der Waals surface area contributed by atoms with E-state index in [2.05, 4.69) is 15.6 Å². The predicted molar refractivity (Wildman–Crippen MR) is 136 cm³/mol. The molecule has 3 amide bonds. The summed E-state index contributed by atoms with van der Waals surface area (Å²) in [7, 11) is 1.56. The molecule has 3 aromatic rings. The van der Waals surface area contributed by atoms with Gasteiger partial charge in [0, 0.05) is 44.6 Å². The van der Waals surface area contributed by atoms with Crippen molar-refractivity contribution in [1.82, 2.24) is 15.2 Å². The van der Waals surface area contributed by atoms with Gasteiger partial charge in [-0.25, -0.2) is 4.98 Å². The van der Waals surface area contributed by atoms with E-state index in [-0.39, 0.29) is 37.1 Å². The molecular formula is C26H30N4O4S. The quantitative estimate of drug-likeness (QED) is 0.374. The number of aromatic nitrogens is 1. The van der Waals surface area contributed by atoms with Gasteiger partial charge in [0.05, 0.1) is 6.61 Å². The molecule has 0 aliphatic carbocycles. The number of nitrogens with one attached hydrogen (secondary N) is 2. The number of aryl methyl sites for hydroxylation is 1. The maximum absolute atomic E-state index is 13.5. The second kappa shape index (κ2) is 13.4. The third kappa shape index (κ3) is 8.01. The molecule has 1 heterocycles. The number of thiazole rings is 1. The van der Waals surface area contributed by atoms with E-state index in [0.717, 1.165) is 11.1 Å². The van der Waals surface area contributed by atoms with Crippen molar-refractivity contribution in [2.24, 2.45) is 0 Å². The van der Waals surface area contributed by atoms with Gasteiger partial charge < -0.3 is 20.3 Å². The van der Waals surface area contributed by atoms with Gasteiger partial charge >= 0.3 is 0 Å². The van der Waals surface area contributed by atoms with Crippen LogP contribution in [0, 0.1) is 6.92 Å². The predicted octanol–water partition coefficient (Wildman–Crippen LogP) is 3.70. The van der Waals surface area contributed by atoms with Crippen molar-refractivity contribution >= 4 is 34.2 Å². The monoisotopic (exact) mass is 494 g/mol. The van der Waals surface area contributed by atoms with Crippen molar-refractivity contribution in [3.05, 3.63) is 82.9 Å². The first-order valence-corrected chi connectivity index (χ1v) is 12.2. The zero-order valence-electron chi connectivity index (χ0n) is 19.9. The Morgan fingerprint density at radius 1 is 1.06 bits per heavy atom. The molecule has 0 saturated carbocycles. The Morgan fingerprint density at radius 3 is 2.46 bits per heavy atom. The van der Waals surface area contributed by atoms with Crippen molar-refractivity contribution in [3.63, 3.8) is 0 Å². The highest BCUT2D eigenvalue weighted by molar-refractivity contribution is 7.13. The topological polar surface area (TPSA) is 101 Å². The molecule has 0 radical (unpaired) electrons. The van der Waals surface area contributed by atoms with Crippen molar-refractivity contribution in [3.8, 4) is 0 Å². The Bertz CT molecular complexity index is 1090. The van der Waals surface area contributed by atoms with Crippen molar-refractivity contribution in [2.75, 3.05) is 25.6 Å². The summed E-state index contributed by atoms with van der Waals surface area (Å²) in [5, 5.41) is 7.81. The summed E-state index contributed by atoms with van der Waals surface area (Å²) in [6, 6.07) is 16.2. The van der Waals surface area contributed by atoms with Crippen molar-refractivity contribution < 1.29 is 19.1 Å². The van der Waals surface area contributed by atoms with E-state index in [9.17, 15) is 14.4 Å². The molecule has 0 aliphatic heterocycles. The number of hydrogen-bond acceptors (Lipinski definition) is 6. The smallest absolute Gasteiger partial charge is 0.247 e. The van der Waals surface area contributed by atoms with E-state index in [1.54, 1.807) is 23.6 Å². The number of rotatable bonds is 12. The van der Waals surface area contributed by atoms with Gasteiger partial charge in [-0.1, -0.05) is 60.2 Å². The molecule has 3 rings (SSSR count). The molecule has 2 N–H and O–H groups in total. The minimum absolute atomic E-state index is 0.0182. The Labute approximate surface area is 209 Å². The SMILES string of the molecule is COCCNC(=O)[C@H](c1ccc(C)cc1)N(Cc1ccccc1)C(=O)CCC(=O)Nc1nccs1. The third-order valence-corrected chi connectivity index (χ3v) is 6.01. The summed E-state index contributed by atoms with van der Waals surface area (Å²) in [6.45, 7) is 2.87. The Kier molecular flexibility index (Phi) is 9.94. The number of anilines is 1. The largest absolute Gasteiger partial charge is 0.383 e. The molecule has 0 bridgehead atoms. The average molecular weight is 495 g/mol. The normalized spacial score (nSPS) is 11.5. The lowest BCUT2D eigenvalue weighted by molar-refractivity contribution is -0.142. The van der Waals surface area contributed by atoms with Gasteiger partial charge in [-0.2, -0.15) is 0 Å². The molecule has 1 atom stereocenters. The molecule has 9 heteroatoms. The van der Waals surface area contributed by atoms with Crippen LogP contribution in [0.25, 0.3) is 0 Å². The maximum atomic E-state index is 13.5. The molecule has 184 valence electrons. The molecule has 0 fully saturated rings. The van der Waals surface area contributed by atoms with E-state index in [4.69, 9.17) is 4.74 Å². The zero-order chi connectivity index (χ0) is 25.0. The number of methoxy groups -OCH3 is 1. The fourth-order valence-corrected chi connectivity index (χ4v) is 4.07. The van der Waals surface area contributed by atoms with Crippen LogP contribution in [-0.4, -0.2) is 47.9 Å². The summed E-state index contributed by atoms with van der Waals surface area (Å²) < 4.78 is 5.06. The molecule has 2 aromatic carbocycles. The second-order valence-electron chi connectivity index (χ2n) is 7.99. The summed E-state index contributed by atoms with van der Waals surface area (Å²) in [5.74, 6) is -0.901. The minimum atomic E-state index is -0.859. The van der Waals surface area contributed by atoms with E-state index in [0.29, 0.717) is 23.8 Å². The number of amides is 3. The van der Waals surface area contributed by atoms with Gasteiger partial charge in [-0.3, -0.25) is 14.4 Å². The number of nitrogens with zero attached hydrogens (tertiary/aromatic N) is 2. The Morgan fingerprint density at radius 2 is 1.80 bits per heavy atom. The molecular weight excluding hydrogens is 464 g/mol. The van der Waals surface area contributed by atoms with Crippen molar-refractivity contribution in [1.29, 1.82) is 0 Å². The van der Waals surface area contributed by atoms with E-state index < -0.39 is 6.04 Å². The molecule has 0 spiro atoms. The van der Waals surface area contributed by atoms with E-state index in [1.165, 1.54) is 11.3 Å². The van der Waals surface area contributed by atoms with E-state index >= 15 is 0 Å². The van der Waals surface area contributed by atoms with Crippen LogP contribution in [0.5, 0.6) is 0 Å². The lowest BCUT2D eigenvalue weighted by atomic mass is 10.0. The third-order valence-electron chi connectivity index (χ3n) is 5.32. The Hall–Kier alpha value is -3.56. The summed E-state index contributed by atoms with van der Waals surface area (Å²) >= 11 is 1.31. The van der Waals surface area contributed by atoms with Crippen LogP contribution < -0.4 is 10.6 Å². The lowest BCUT2D eigenvalue weighted by Gasteiger charge is -2.32. The van der Waals surface area contributed by atoms with Gasteiger partial charge in [-0.05, 0) is 18.1 Å². The summed E-state index contributed by atoms with van der Waals surface area (Å²) in [5.41, 5.74) is 2.63. The highest BCUT2D eigenvalue weighted by atomic mass is 32.1. The first-order chi connectivity index (χ1) is 17.0. The number of ether oxygens (including phenoxy) is 1. The van der Waals surface area contributed by atoms with Crippen molar-refractivity contribution in [2.45, 2.75) is 32.4 Å². The van der Waals surface area contributed by atoms with Crippen LogP contribution in [0.3, 0.4) is 0 Å².